The predicted octanol–water partition coefficient (Wildman–Crippen LogP) is 4.38. The molecule has 1 amide bonds. The predicted molar refractivity (Wildman–Crippen MR) is 99.2 cm³/mol. The first-order valence-corrected chi connectivity index (χ1v) is 9.34. The molecule has 0 saturated carbocycles. The highest BCUT2D eigenvalue weighted by atomic mass is 16.5. The van der Waals surface area contributed by atoms with Crippen LogP contribution in [0.1, 0.15) is 64.3 Å². The van der Waals surface area contributed by atoms with Crippen molar-refractivity contribution < 1.29 is 9.53 Å². The standard InChI is InChI=1S/C22H25NO2/c1-25-19-11-12-20-17(14-19)7-4-8-21(20)23-22(24)18-10-9-15-5-2-3-6-16(15)13-18/h9-14,21H,2-8H2,1H3,(H,23,24). The molecule has 25 heavy (non-hydrogen) atoms. The van der Waals surface area contributed by atoms with Crippen molar-refractivity contribution in [1.29, 1.82) is 0 Å². The monoisotopic (exact) mass is 335 g/mol. The van der Waals surface area contributed by atoms with Gasteiger partial charge in [-0.05, 0) is 91.5 Å². The van der Waals surface area contributed by atoms with Gasteiger partial charge in [0.25, 0.3) is 5.91 Å². The minimum Gasteiger partial charge on any atom is -0.497 e. The number of nitrogens with one attached hydrogen (secondary N) is 1. The van der Waals surface area contributed by atoms with Crippen molar-refractivity contribution in [3.05, 3.63) is 64.2 Å². The second-order valence-electron chi connectivity index (χ2n) is 7.17. The fourth-order valence-corrected chi connectivity index (χ4v) is 4.18. The summed E-state index contributed by atoms with van der Waals surface area (Å²) in [6.45, 7) is 0. The Morgan fingerprint density at radius 1 is 0.960 bits per heavy atom. The third kappa shape index (κ3) is 3.28. The molecule has 1 N–H and O–H groups in total. The van der Waals surface area contributed by atoms with Gasteiger partial charge in [-0.15, -0.1) is 0 Å². The molecule has 0 heterocycles. The highest BCUT2D eigenvalue weighted by molar-refractivity contribution is 5.94. The van der Waals surface area contributed by atoms with Gasteiger partial charge in [-0.3, -0.25) is 4.79 Å². The molecule has 0 aromatic heterocycles. The Bertz CT molecular complexity index is 797. The summed E-state index contributed by atoms with van der Waals surface area (Å²) in [5.74, 6) is 0.933. The molecule has 2 aliphatic carbocycles. The fraction of sp³-hybridized carbons (Fsp3) is 0.409. The van der Waals surface area contributed by atoms with Crippen LogP contribution in [0.4, 0.5) is 0 Å². The van der Waals surface area contributed by atoms with Gasteiger partial charge in [0.05, 0.1) is 13.2 Å². The summed E-state index contributed by atoms with van der Waals surface area (Å²) >= 11 is 0. The molecular formula is C22H25NO2. The second kappa shape index (κ2) is 6.91. The van der Waals surface area contributed by atoms with E-state index in [-0.39, 0.29) is 11.9 Å². The van der Waals surface area contributed by atoms with E-state index < -0.39 is 0 Å². The number of carbonyl (C=O) groups is 1. The molecule has 0 aliphatic heterocycles. The molecular weight excluding hydrogens is 310 g/mol. The first-order valence-electron chi connectivity index (χ1n) is 9.34. The zero-order valence-corrected chi connectivity index (χ0v) is 14.8. The number of ether oxygens (including phenoxy) is 1. The van der Waals surface area contributed by atoms with Crippen LogP contribution < -0.4 is 10.1 Å². The van der Waals surface area contributed by atoms with Gasteiger partial charge in [0.2, 0.25) is 0 Å². The summed E-state index contributed by atoms with van der Waals surface area (Å²) in [4.78, 5) is 12.8. The van der Waals surface area contributed by atoms with Crippen molar-refractivity contribution in [1.82, 2.24) is 5.32 Å². The van der Waals surface area contributed by atoms with Crippen LogP contribution in [0.25, 0.3) is 0 Å². The highest BCUT2D eigenvalue weighted by Gasteiger charge is 2.23. The molecule has 2 aliphatic rings. The van der Waals surface area contributed by atoms with E-state index in [1.807, 2.05) is 12.1 Å². The number of carbonyl (C=O) groups excluding carboxylic acids is 1. The zero-order chi connectivity index (χ0) is 17.2. The molecule has 0 spiro atoms. The van der Waals surface area contributed by atoms with Crippen LogP contribution >= 0.6 is 0 Å². The maximum atomic E-state index is 12.8. The van der Waals surface area contributed by atoms with E-state index in [9.17, 15) is 4.79 Å². The van der Waals surface area contributed by atoms with Gasteiger partial charge in [0, 0.05) is 5.56 Å². The molecule has 0 fully saturated rings. The van der Waals surface area contributed by atoms with E-state index >= 15 is 0 Å². The van der Waals surface area contributed by atoms with E-state index in [0.717, 1.165) is 43.4 Å². The van der Waals surface area contributed by atoms with Crippen LogP contribution in [0.15, 0.2) is 36.4 Å². The van der Waals surface area contributed by atoms with Crippen LogP contribution in [-0.2, 0) is 19.3 Å². The maximum absolute atomic E-state index is 12.8. The fourth-order valence-electron chi connectivity index (χ4n) is 4.18. The smallest absolute Gasteiger partial charge is 0.251 e. The summed E-state index contributed by atoms with van der Waals surface area (Å²) < 4.78 is 5.33. The molecule has 1 unspecified atom stereocenters. The highest BCUT2D eigenvalue weighted by Crippen LogP contribution is 2.32. The molecule has 0 saturated heterocycles. The molecule has 3 nitrogen and oxygen atoms in total. The number of benzene rings is 2. The number of rotatable bonds is 3. The van der Waals surface area contributed by atoms with Crippen LogP contribution in [0.2, 0.25) is 0 Å². The van der Waals surface area contributed by atoms with Crippen LogP contribution in [-0.4, -0.2) is 13.0 Å². The van der Waals surface area contributed by atoms with Gasteiger partial charge in [-0.1, -0.05) is 12.1 Å². The minimum atomic E-state index is 0.0436. The van der Waals surface area contributed by atoms with Gasteiger partial charge in [-0.25, -0.2) is 0 Å². The van der Waals surface area contributed by atoms with E-state index in [1.165, 1.54) is 35.1 Å². The topological polar surface area (TPSA) is 38.3 Å². The molecule has 4 rings (SSSR count). The zero-order valence-electron chi connectivity index (χ0n) is 14.8. The van der Waals surface area contributed by atoms with Crippen molar-refractivity contribution in [3.8, 4) is 5.75 Å². The van der Waals surface area contributed by atoms with Gasteiger partial charge >= 0.3 is 0 Å². The number of methoxy groups -OCH3 is 1. The second-order valence-corrected chi connectivity index (χ2v) is 7.17. The van der Waals surface area contributed by atoms with Crippen molar-refractivity contribution in [2.75, 3.05) is 7.11 Å². The Hall–Kier alpha value is -2.29. The number of amides is 1. The Morgan fingerprint density at radius 3 is 2.60 bits per heavy atom. The summed E-state index contributed by atoms with van der Waals surface area (Å²) in [5.41, 5.74) is 6.09. The average molecular weight is 335 g/mol. The summed E-state index contributed by atoms with van der Waals surface area (Å²) in [6, 6.07) is 12.5. The lowest BCUT2D eigenvalue weighted by Crippen LogP contribution is -2.31. The normalized spacial score (nSPS) is 18.8. The lowest BCUT2D eigenvalue weighted by Gasteiger charge is -2.27. The Labute approximate surface area is 149 Å². The van der Waals surface area contributed by atoms with Gasteiger partial charge < -0.3 is 10.1 Å². The SMILES string of the molecule is COc1ccc2c(c1)CCCC2NC(=O)c1ccc2c(c1)CCCC2. The van der Waals surface area contributed by atoms with Gasteiger partial charge in [-0.2, -0.15) is 0 Å². The van der Waals surface area contributed by atoms with Gasteiger partial charge in [0.15, 0.2) is 0 Å². The Morgan fingerprint density at radius 2 is 1.76 bits per heavy atom. The number of hydrogen-bond donors (Lipinski definition) is 1. The first-order chi connectivity index (χ1) is 12.2. The first kappa shape index (κ1) is 16.2. The molecule has 0 radical (unpaired) electrons. The quantitative estimate of drug-likeness (QED) is 0.904. The molecule has 1 atom stereocenters. The average Bonchev–Trinajstić information content (AvgIpc) is 2.67. The summed E-state index contributed by atoms with van der Waals surface area (Å²) in [7, 11) is 1.69. The van der Waals surface area contributed by atoms with Crippen LogP contribution in [0.3, 0.4) is 0 Å². The van der Waals surface area contributed by atoms with E-state index in [2.05, 4.69) is 29.6 Å². The van der Waals surface area contributed by atoms with Crippen molar-refractivity contribution in [3.63, 3.8) is 0 Å². The number of fused-ring (bicyclic) bond motifs is 2. The van der Waals surface area contributed by atoms with Crippen LogP contribution in [0.5, 0.6) is 5.75 Å². The van der Waals surface area contributed by atoms with Gasteiger partial charge in [0.1, 0.15) is 5.75 Å². The van der Waals surface area contributed by atoms with E-state index in [0.29, 0.717) is 0 Å². The summed E-state index contributed by atoms with van der Waals surface area (Å²) in [5, 5.41) is 3.26. The lowest BCUT2D eigenvalue weighted by molar-refractivity contribution is 0.0932. The van der Waals surface area contributed by atoms with Crippen LogP contribution in [0, 0.1) is 0 Å². The molecule has 2 aromatic rings. The Balaban J connectivity index is 1.54. The van der Waals surface area contributed by atoms with Crippen molar-refractivity contribution >= 4 is 5.91 Å². The van der Waals surface area contributed by atoms with E-state index in [1.54, 1.807) is 7.11 Å². The molecule has 130 valence electrons. The third-order valence-electron chi connectivity index (χ3n) is 5.58. The van der Waals surface area contributed by atoms with Crippen molar-refractivity contribution in [2.24, 2.45) is 0 Å². The minimum absolute atomic E-state index is 0.0436. The summed E-state index contributed by atoms with van der Waals surface area (Å²) in [6.07, 6.45) is 7.89. The lowest BCUT2D eigenvalue weighted by atomic mass is 9.87. The van der Waals surface area contributed by atoms with E-state index in [4.69, 9.17) is 4.74 Å². The molecule has 2 aromatic carbocycles. The van der Waals surface area contributed by atoms with Crippen molar-refractivity contribution in [2.45, 2.75) is 51.0 Å². The maximum Gasteiger partial charge on any atom is 0.251 e. The number of hydrogen-bond acceptors (Lipinski definition) is 2. The number of aryl methyl sites for hydroxylation is 3. The third-order valence-corrected chi connectivity index (χ3v) is 5.58. The molecule has 0 bridgehead atoms. The molecule has 3 heteroatoms. The largest absolute Gasteiger partial charge is 0.497 e. The Kier molecular flexibility index (Phi) is 4.48.